The number of rotatable bonds is 6. The van der Waals surface area contributed by atoms with Crippen molar-refractivity contribution in [1.29, 1.82) is 0 Å². The Morgan fingerprint density at radius 1 is 0.950 bits per heavy atom. The topological polar surface area (TPSA) is 94.5 Å². The quantitative estimate of drug-likeness (QED) is 0.607. The molecule has 20 heavy (non-hydrogen) atoms. The highest BCUT2D eigenvalue weighted by atomic mass is 16.5. The molecule has 0 bridgehead atoms. The summed E-state index contributed by atoms with van der Waals surface area (Å²) in [5.41, 5.74) is -0.309. The van der Waals surface area contributed by atoms with Crippen molar-refractivity contribution in [2.75, 3.05) is 27.9 Å². The van der Waals surface area contributed by atoms with Crippen LogP contribution >= 0.6 is 0 Å². The average molecular weight is 286 g/mol. The Hall–Kier alpha value is -2.31. The second kappa shape index (κ2) is 6.74. The molecule has 7 nitrogen and oxygen atoms in total. The van der Waals surface area contributed by atoms with Crippen LogP contribution in [-0.4, -0.2) is 44.1 Å². The largest absolute Gasteiger partial charge is 0.503 e. The number of methoxy groups -OCH3 is 3. The van der Waals surface area contributed by atoms with Gasteiger partial charge in [-0.3, -0.25) is 0 Å². The number of phenolic OH excluding ortho intramolecular Hbond substituents is 2. The van der Waals surface area contributed by atoms with Gasteiger partial charge in [0.1, 0.15) is 0 Å². The minimum absolute atomic E-state index is 0.00579. The van der Waals surface area contributed by atoms with Gasteiger partial charge >= 0.3 is 5.97 Å². The first-order chi connectivity index (χ1) is 9.53. The first kappa shape index (κ1) is 15.7. The number of phenols is 2. The van der Waals surface area contributed by atoms with E-state index in [1.54, 1.807) is 0 Å². The van der Waals surface area contributed by atoms with E-state index in [9.17, 15) is 15.0 Å². The fourth-order valence-corrected chi connectivity index (χ4v) is 1.68. The number of carbonyl (C=O) groups excluding carboxylic acids is 1. The van der Waals surface area contributed by atoms with Crippen molar-refractivity contribution in [2.24, 2.45) is 0 Å². The van der Waals surface area contributed by atoms with Crippen molar-refractivity contribution in [3.63, 3.8) is 0 Å². The Bertz CT molecular complexity index is 496. The van der Waals surface area contributed by atoms with E-state index in [4.69, 9.17) is 18.9 Å². The van der Waals surface area contributed by atoms with Gasteiger partial charge in [-0.2, -0.15) is 0 Å². The number of aromatic hydroxyl groups is 2. The maximum absolute atomic E-state index is 12.0. The van der Waals surface area contributed by atoms with E-state index in [1.165, 1.54) is 21.3 Å². The minimum Gasteiger partial charge on any atom is -0.503 e. The second-order valence-corrected chi connectivity index (χ2v) is 3.81. The van der Waals surface area contributed by atoms with Crippen LogP contribution in [0.2, 0.25) is 0 Å². The fraction of sp³-hybridized carbons (Fsp3) is 0.462. The normalized spacial score (nSPS) is 10.0. The Morgan fingerprint density at radius 2 is 1.50 bits per heavy atom. The summed E-state index contributed by atoms with van der Waals surface area (Å²) in [5.74, 6) is -2.32. The molecule has 7 heteroatoms. The highest BCUT2D eigenvalue weighted by molar-refractivity contribution is 5.99. The van der Waals surface area contributed by atoms with Crippen molar-refractivity contribution in [1.82, 2.24) is 0 Å². The summed E-state index contributed by atoms with van der Waals surface area (Å²) in [6, 6.07) is 0. The van der Waals surface area contributed by atoms with Gasteiger partial charge in [-0.05, 0) is 6.42 Å². The van der Waals surface area contributed by atoms with Crippen LogP contribution < -0.4 is 14.2 Å². The van der Waals surface area contributed by atoms with E-state index >= 15 is 0 Å². The van der Waals surface area contributed by atoms with Crippen LogP contribution in [0.4, 0.5) is 0 Å². The molecule has 1 aromatic carbocycles. The fourth-order valence-electron chi connectivity index (χ4n) is 1.68. The third kappa shape index (κ3) is 2.66. The number of carbonyl (C=O) groups is 1. The summed E-state index contributed by atoms with van der Waals surface area (Å²) >= 11 is 0. The molecular weight excluding hydrogens is 268 g/mol. The molecule has 1 aromatic rings. The molecule has 0 saturated carbocycles. The second-order valence-electron chi connectivity index (χ2n) is 3.81. The zero-order valence-corrected chi connectivity index (χ0v) is 11.8. The first-order valence-electron chi connectivity index (χ1n) is 5.94. The van der Waals surface area contributed by atoms with Gasteiger partial charge in [0.15, 0.2) is 17.1 Å². The smallest absolute Gasteiger partial charge is 0.346 e. The van der Waals surface area contributed by atoms with Crippen LogP contribution in [0, 0.1) is 0 Å². The Kier molecular flexibility index (Phi) is 5.31. The van der Waals surface area contributed by atoms with Gasteiger partial charge in [-0.25, -0.2) is 4.79 Å². The van der Waals surface area contributed by atoms with Crippen LogP contribution in [-0.2, 0) is 4.74 Å². The molecule has 0 heterocycles. The van der Waals surface area contributed by atoms with Crippen molar-refractivity contribution in [2.45, 2.75) is 13.3 Å². The van der Waals surface area contributed by atoms with E-state index in [1.807, 2.05) is 6.92 Å². The van der Waals surface area contributed by atoms with E-state index in [2.05, 4.69) is 0 Å². The monoisotopic (exact) mass is 286 g/mol. The van der Waals surface area contributed by atoms with Crippen LogP contribution in [0.5, 0.6) is 28.7 Å². The summed E-state index contributed by atoms with van der Waals surface area (Å²) < 4.78 is 20.0. The summed E-state index contributed by atoms with van der Waals surface area (Å²) in [4.78, 5) is 12.0. The predicted molar refractivity (Wildman–Crippen MR) is 70.0 cm³/mol. The van der Waals surface area contributed by atoms with Gasteiger partial charge in [-0.15, -0.1) is 0 Å². The molecule has 0 aliphatic carbocycles. The van der Waals surface area contributed by atoms with Gasteiger partial charge in [0, 0.05) is 0 Å². The predicted octanol–water partition coefficient (Wildman–Crippen LogP) is 1.69. The Morgan fingerprint density at radius 3 is 1.95 bits per heavy atom. The molecule has 0 aliphatic heterocycles. The molecule has 2 N–H and O–H groups in total. The molecule has 0 spiro atoms. The van der Waals surface area contributed by atoms with E-state index < -0.39 is 17.5 Å². The Labute approximate surface area is 116 Å². The van der Waals surface area contributed by atoms with E-state index in [0.717, 1.165) is 0 Å². The zero-order chi connectivity index (χ0) is 15.3. The van der Waals surface area contributed by atoms with Crippen LogP contribution in [0.25, 0.3) is 0 Å². The standard InChI is InChI=1S/C13H18O7/c1-5-6-20-13(16)7-8(14)9(15)11(18-3)12(19-4)10(7)17-2/h14-15H,5-6H2,1-4H3. The summed E-state index contributed by atoms with van der Waals surface area (Å²) in [6.45, 7) is 2.01. The highest BCUT2D eigenvalue weighted by Gasteiger charge is 2.31. The van der Waals surface area contributed by atoms with Crippen molar-refractivity contribution >= 4 is 5.97 Å². The summed E-state index contributed by atoms with van der Waals surface area (Å²) in [5, 5.41) is 19.8. The highest BCUT2D eigenvalue weighted by Crippen LogP contribution is 2.52. The SMILES string of the molecule is CCCOC(=O)c1c(O)c(O)c(OC)c(OC)c1OC. The van der Waals surface area contributed by atoms with E-state index in [0.29, 0.717) is 6.42 Å². The summed E-state index contributed by atoms with van der Waals surface area (Å²) in [7, 11) is 3.90. The lowest BCUT2D eigenvalue weighted by molar-refractivity contribution is 0.0496. The van der Waals surface area contributed by atoms with Crippen molar-refractivity contribution < 1.29 is 34.0 Å². The number of hydrogen-bond acceptors (Lipinski definition) is 7. The maximum atomic E-state index is 12.0. The molecule has 0 unspecified atom stereocenters. The lowest BCUT2D eigenvalue weighted by Crippen LogP contribution is -2.10. The maximum Gasteiger partial charge on any atom is 0.346 e. The van der Waals surface area contributed by atoms with E-state index in [-0.39, 0.29) is 29.4 Å². The van der Waals surface area contributed by atoms with Gasteiger partial charge in [0.25, 0.3) is 0 Å². The number of hydrogen-bond donors (Lipinski definition) is 2. The van der Waals surface area contributed by atoms with Gasteiger partial charge in [-0.1, -0.05) is 6.92 Å². The third-order valence-electron chi connectivity index (χ3n) is 2.57. The van der Waals surface area contributed by atoms with Crippen LogP contribution in [0.1, 0.15) is 23.7 Å². The molecule has 0 amide bonds. The minimum atomic E-state index is -0.822. The molecule has 0 fully saturated rings. The Balaban J connectivity index is 3.50. The molecule has 112 valence electrons. The van der Waals surface area contributed by atoms with Gasteiger partial charge < -0.3 is 29.2 Å². The molecule has 0 atom stereocenters. The van der Waals surface area contributed by atoms with Crippen LogP contribution in [0.3, 0.4) is 0 Å². The molecule has 0 aliphatic rings. The van der Waals surface area contributed by atoms with Crippen molar-refractivity contribution in [3.8, 4) is 28.7 Å². The van der Waals surface area contributed by atoms with Gasteiger partial charge in [0.05, 0.1) is 27.9 Å². The zero-order valence-electron chi connectivity index (χ0n) is 11.8. The van der Waals surface area contributed by atoms with Crippen molar-refractivity contribution in [3.05, 3.63) is 5.56 Å². The first-order valence-corrected chi connectivity index (χ1v) is 5.94. The number of esters is 1. The molecular formula is C13H18O7. The molecule has 0 saturated heterocycles. The lowest BCUT2D eigenvalue weighted by Gasteiger charge is -2.17. The summed E-state index contributed by atoms with van der Waals surface area (Å²) in [6.07, 6.45) is 0.619. The average Bonchev–Trinajstić information content (AvgIpc) is 2.46. The van der Waals surface area contributed by atoms with Crippen LogP contribution in [0.15, 0.2) is 0 Å². The number of benzene rings is 1. The third-order valence-corrected chi connectivity index (χ3v) is 2.57. The molecule has 1 rings (SSSR count). The van der Waals surface area contributed by atoms with Gasteiger partial charge in [0.2, 0.25) is 17.2 Å². The number of ether oxygens (including phenoxy) is 4. The molecule has 0 aromatic heterocycles. The molecule has 0 radical (unpaired) electrons. The lowest BCUT2D eigenvalue weighted by atomic mass is 10.1.